The number of aromatic nitrogens is 1. The van der Waals surface area contributed by atoms with Crippen LogP contribution in [0.1, 0.15) is 41.9 Å². The van der Waals surface area contributed by atoms with Crippen molar-refractivity contribution in [1.29, 1.82) is 0 Å². The molecule has 0 spiro atoms. The zero-order valence-corrected chi connectivity index (χ0v) is 23.1. The molecule has 204 valence electrons. The van der Waals surface area contributed by atoms with Crippen LogP contribution in [0.15, 0.2) is 54.0 Å². The molecule has 1 atom stereocenters. The second-order valence-corrected chi connectivity index (χ2v) is 9.92. The Bertz CT molecular complexity index is 1470. The second kappa shape index (κ2) is 9.98. The number of piperazine rings is 1. The van der Waals surface area contributed by atoms with Gasteiger partial charge in [0.05, 0.1) is 25.1 Å². The van der Waals surface area contributed by atoms with Crippen LogP contribution < -0.4 is 29.7 Å². The average molecular weight is 530 g/mol. The lowest BCUT2D eigenvalue weighted by Gasteiger charge is -2.48. The molecule has 1 saturated heterocycles. The third-order valence-corrected chi connectivity index (χ3v) is 7.85. The van der Waals surface area contributed by atoms with E-state index in [1.54, 1.807) is 19.6 Å². The number of ether oxygens (including phenoxy) is 4. The van der Waals surface area contributed by atoms with Gasteiger partial charge in [-0.25, -0.2) is 0 Å². The maximum absolute atomic E-state index is 6.12. The van der Waals surface area contributed by atoms with E-state index < -0.39 is 5.66 Å². The number of nitrogens with zero attached hydrogens (tertiary/aromatic N) is 3. The summed E-state index contributed by atoms with van der Waals surface area (Å²) in [4.78, 5) is 2.46. The number of hydrazone groups is 1. The molecule has 9 nitrogen and oxygen atoms in total. The van der Waals surface area contributed by atoms with Crippen molar-refractivity contribution in [2.45, 2.75) is 33.4 Å². The topological polar surface area (TPSA) is 81.5 Å². The quantitative estimate of drug-likeness (QED) is 0.496. The smallest absolute Gasteiger partial charge is 0.176 e. The van der Waals surface area contributed by atoms with Crippen molar-refractivity contribution in [3.05, 3.63) is 77.0 Å². The van der Waals surface area contributed by atoms with Crippen LogP contribution in [0.2, 0.25) is 0 Å². The van der Waals surface area contributed by atoms with Crippen molar-refractivity contribution in [2.75, 3.05) is 39.9 Å². The summed E-state index contributed by atoms with van der Waals surface area (Å²) in [6.07, 6.45) is 3.15. The van der Waals surface area contributed by atoms with Gasteiger partial charge in [-0.1, -0.05) is 12.1 Å². The maximum Gasteiger partial charge on any atom is 0.176 e. The minimum absolute atomic E-state index is 0.593. The number of methoxy groups -OCH3 is 1. The molecule has 1 unspecified atom stereocenters. The Morgan fingerprint density at radius 1 is 1.03 bits per heavy atom. The summed E-state index contributed by atoms with van der Waals surface area (Å²) >= 11 is 0. The van der Waals surface area contributed by atoms with E-state index in [2.05, 4.69) is 53.1 Å². The van der Waals surface area contributed by atoms with Crippen molar-refractivity contribution in [1.82, 2.24) is 20.2 Å². The molecule has 0 saturated carbocycles. The number of hydrogen-bond donors (Lipinski definition) is 2. The molecule has 3 aromatic rings. The third-order valence-electron chi connectivity index (χ3n) is 7.85. The largest absolute Gasteiger partial charge is 0.494 e. The van der Waals surface area contributed by atoms with E-state index in [0.29, 0.717) is 18.1 Å². The summed E-state index contributed by atoms with van der Waals surface area (Å²) in [6, 6.07) is 12.1. The van der Waals surface area contributed by atoms with Crippen LogP contribution >= 0.6 is 0 Å². The first kappa shape index (κ1) is 25.3. The third kappa shape index (κ3) is 3.87. The molecule has 6 rings (SSSR count). The summed E-state index contributed by atoms with van der Waals surface area (Å²) in [5.74, 6) is 2.89. The van der Waals surface area contributed by atoms with E-state index >= 15 is 0 Å². The molecule has 3 aliphatic rings. The molecule has 3 aliphatic heterocycles. The average Bonchev–Trinajstić information content (AvgIpc) is 3.24. The van der Waals surface area contributed by atoms with Gasteiger partial charge in [0.15, 0.2) is 17.2 Å². The first-order chi connectivity index (χ1) is 19.0. The van der Waals surface area contributed by atoms with Gasteiger partial charge in [0, 0.05) is 60.3 Å². The van der Waals surface area contributed by atoms with Gasteiger partial charge in [-0.3, -0.25) is 10.3 Å². The lowest BCUT2D eigenvalue weighted by molar-refractivity contribution is 0.0700. The Kier molecular flexibility index (Phi) is 6.48. The number of fused-ring (bicyclic) bond motifs is 2. The van der Waals surface area contributed by atoms with E-state index in [0.717, 1.165) is 77.2 Å². The molecule has 0 bridgehead atoms. The molecular formula is C30H35N5O4. The minimum Gasteiger partial charge on any atom is -0.494 e. The van der Waals surface area contributed by atoms with Crippen molar-refractivity contribution in [2.24, 2.45) is 5.10 Å². The minimum atomic E-state index is -0.782. The van der Waals surface area contributed by atoms with Crippen LogP contribution in [0, 0.1) is 13.8 Å². The number of rotatable bonds is 6. The van der Waals surface area contributed by atoms with Crippen molar-refractivity contribution < 1.29 is 18.9 Å². The Hall–Kier alpha value is -3.95. The van der Waals surface area contributed by atoms with Gasteiger partial charge in [0.1, 0.15) is 24.0 Å². The molecule has 1 aromatic heterocycles. The number of benzene rings is 2. The van der Waals surface area contributed by atoms with Crippen LogP contribution in [0.25, 0.3) is 5.69 Å². The predicted octanol–water partition coefficient (Wildman–Crippen LogP) is 4.18. The molecule has 1 fully saturated rings. The molecule has 0 aliphatic carbocycles. The maximum atomic E-state index is 6.12. The number of nitrogens with one attached hydrogen (secondary N) is 2. The van der Waals surface area contributed by atoms with Gasteiger partial charge in [0.25, 0.3) is 0 Å². The molecule has 2 aromatic carbocycles. The van der Waals surface area contributed by atoms with Crippen molar-refractivity contribution >= 4 is 5.71 Å². The first-order valence-electron chi connectivity index (χ1n) is 13.4. The lowest BCUT2D eigenvalue weighted by Crippen LogP contribution is -2.62. The second-order valence-electron chi connectivity index (χ2n) is 9.92. The predicted molar refractivity (Wildman–Crippen MR) is 150 cm³/mol. The highest BCUT2D eigenvalue weighted by Crippen LogP contribution is 2.49. The fourth-order valence-corrected chi connectivity index (χ4v) is 6.27. The molecule has 4 heterocycles. The summed E-state index contributed by atoms with van der Waals surface area (Å²) in [5.41, 5.74) is 10.1. The van der Waals surface area contributed by atoms with Gasteiger partial charge in [0.2, 0.25) is 0 Å². The summed E-state index contributed by atoms with van der Waals surface area (Å²) in [7, 11) is 1.70. The molecule has 0 radical (unpaired) electrons. The monoisotopic (exact) mass is 529 g/mol. The molecule has 2 N–H and O–H groups in total. The van der Waals surface area contributed by atoms with E-state index in [9.17, 15) is 0 Å². The summed E-state index contributed by atoms with van der Waals surface area (Å²) < 4.78 is 25.9. The fraction of sp³-hybridized carbons (Fsp3) is 0.367. The van der Waals surface area contributed by atoms with E-state index in [1.165, 1.54) is 0 Å². The van der Waals surface area contributed by atoms with Gasteiger partial charge in [-0.05, 0) is 45.9 Å². The van der Waals surface area contributed by atoms with Gasteiger partial charge < -0.3 is 28.8 Å². The molecule has 0 amide bonds. The van der Waals surface area contributed by atoms with Crippen molar-refractivity contribution in [3.8, 4) is 28.7 Å². The summed E-state index contributed by atoms with van der Waals surface area (Å²) in [5, 5.41) is 8.44. The highest BCUT2D eigenvalue weighted by molar-refractivity contribution is 6.03. The Morgan fingerprint density at radius 3 is 2.59 bits per heavy atom. The van der Waals surface area contributed by atoms with Crippen molar-refractivity contribution in [3.63, 3.8) is 0 Å². The lowest BCUT2D eigenvalue weighted by atomic mass is 9.83. The fourth-order valence-electron chi connectivity index (χ4n) is 6.27. The molecular weight excluding hydrogens is 494 g/mol. The normalized spacial score (nSPS) is 20.2. The Morgan fingerprint density at radius 2 is 1.82 bits per heavy atom. The van der Waals surface area contributed by atoms with Crippen LogP contribution in [0.4, 0.5) is 0 Å². The van der Waals surface area contributed by atoms with E-state index in [-0.39, 0.29) is 0 Å². The van der Waals surface area contributed by atoms with Gasteiger partial charge in [-0.15, -0.1) is 0 Å². The highest BCUT2D eigenvalue weighted by atomic mass is 16.5. The standard InChI is InChI=1S/C30H35N5O4/c1-6-37-22-10-11-24(26(18-22)36-5)35-20(3)27-19(2)32-33-30(28(27)21(35)4,34-14-12-31-13-15-34)23-8-7-9-25-29(23)39-17-16-38-25/h7-11,16-18,31,33H,6,12-15H2,1-5H3. The molecule has 39 heavy (non-hydrogen) atoms. The van der Waals surface area contributed by atoms with Crippen LogP contribution in [-0.2, 0) is 5.66 Å². The Balaban J connectivity index is 1.64. The van der Waals surface area contributed by atoms with Gasteiger partial charge >= 0.3 is 0 Å². The SMILES string of the molecule is CCOc1ccc(-n2c(C)c3c(c2C)C(c2cccc4c2OC=CO4)(N2CCNCC2)NN=C3C)c(OC)c1. The zero-order chi connectivity index (χ0) is 27.1. The zero-order valence-electron chi connectivity index (χ0n) is 23.1. The molecule has 9 heteroatoms. The Labute approximate surface area is 229 Å². The van der Waals surface area contributed by atoms with Crippen LogP contribution in [0.5, 0.6) is 23.0 Å². The van der Waals surface area contributed by atoms with Gasteiger partial charge in [-0.2, -0.15) is 5.10 Å². The highest BCUT2D eigenvalue weighted by Gasteiger charge is 2.50. The number of para-hydroxylation sites is 1. The summed E-state index contributed by atoms with van der Waals surface area (Å²) in [6.45, 7) is 12.4. The number of hydrogen-bond acceptors (Lipinski definition) is 8. The van der Waals surface area contributed by atoms with E-state index in [4.69, 9.17) is 24.0 Å². The first-order valence-corrected chi connectivity index (χ1v) is 13.4. The van der Waals surface area contributed by atoms with Crippen LogP contribution in [0.3, 0.4) is 0 Å². The van der Waals surface area contributed by atoms with E-state index in [1.807, 2.05) is 31.2 Å². The van der Waals surface area contributed by atoms with Crippen LogP contribution in [-0.4, -0.2) is 55.1 Å².